The van der Waals surface area contributed by atoms with Crippen LogP contribution >= 0.6 is 0 Å². The van der Waals surface area contributed by atoms with E-state index in [4.69, 9.17) is 12.3 Å². The highest BCUT2D eigenvalue weighted by Gasteiger charge is 2.47. The minimum absolute atomic E-state index is 1.08. The first-order valence-electron chi connectivity index (χ1n) is 8.67. The van der Waals surface area contributed by atoms with Gasteiger partial charge < -0.3 is 12.3 Å². The number of rotatable bonds is 11. The van der Waals surface area contributed by atoms with Gasteiger partial charge in [-0.25, -0.2) is 0 Å². The molecule has 0 saturated carbocycles. The Balaban J connectivity index is 3.29. The molecule has 0 aliphatic heterocycles. The van der Waals surface area contributed by atoms with Crippen molar-refractivity contribution in [2.24, 2.45) is 0 Å². The molecule has 1 unspecified atom stereocenters. The predicted octanol–water partition coefficient (Wildman–Crippen LogP) is 4.77. The van der Waals surface area contributed by atoms with Crippen LogP contribution in [-0.2, 0) is 12.3 Å². The van der Waals surface area contributed by atoms with E-state index in [1.165, 1.54) is 0 Å². The molecule has 0 amide bonds. The van der Waals surface area contributed by atoms with Gasteiger partial charge in [0.05, 0.1) is 0 Å². The second-order valence-corrected chi connectivity index (χ2v) is 21.3. The second-order valence-electron chi connectivity index (χ2n) is 7.20. The van der Waals surface area contributed by atoms with Crippen molar-refractivity contribution in [3.8, 4) is 0 Å². The van der Waals surface area contributed by atoms with Crippen LogP contribution in [0.25, 0.3) is 0 Å². The highest BCUT2D eigenvalue weighted by atomic mass is 28.5. The molecular weight excluding hydrogens is 389 g/mol. The third-order valence-electron chi connectivity index (χ3n) is 4.24. The van der Waals surface area contributed by atoms with E-state index in [9.17, 15) is 0 Å². The van der Waals surface area contributed by atoms with Gasteiger partial charge in [0.25, 0.3) is 0 Å². The molecule has 1 rings (SSSR count). The highest BCUT2D eigenvalue weighted by Crippen LogP contribution is 2.25. The number of benzene rings is 1. The minimum Gasteiger partial charge on any atom is -0.430 e. The molecule has 0 N–H and O–H groups in total. The molecule has 1 aromatic rings. The molecule has 0 saturated heterocycles. The average Bonchev–Trinajstić information content (AvgIpc) is 2.61. The van der Waals surface area contributed by atoms with Gasteiger partial charge in [0.1, 0.15) is 0 Å². The first-order valence-corrected chi connectivity index (χ1v) is 18.9. The Morgan fingerprint density at radius 1 is 0.654 bits per heavy atom. The van der Waals surface area contributed by atoms with Crippen molar-refractivity contribution in [2.75, 3.05) is 0 Å². The van der Waals surface area contributed by atoms with Crippen LogP contribution in [0.15, 0.2) is 79.4 Å². The van der Waals surface area contributed by atoms with Gasteiger partial charge in [0, 0.05) is 0 Å². The lowest BCUT2D eigenvalue weighted by atomic mass is 10.4. The Morgan fingerprint density at radius 2 is 1.08 bits per heavy atom. The fourth-order valence-corrected chi connectivity index (χ4v) is 18.5. The summed E-state index contributed by atoms with van der Waals surface area (Å²) in [6.07, 6.45) is 0. The van der Waals surface area contributed by atoms with Crippen molar-refractivity contribution in [3.05, 3.63) is 79.4 Å². The van der Waals surface area contributed by atoms with Gasteiger partial charge in [-0.05, 0) is 37.9 Å². The lowest BCUT2D eigenvalue weighted by Gasteiger charge is -2.41. The summed E-state index contributed by atoms with van der Waals surface area (Å²) in [5, 5.41) is 1.08. The Labute approximate surface area is 163 Å². The third-order valence-corrected chi connectivity index (χ3v) is 19.4. The highest BCUT2D eigenvalue weighted by molar-refractivity contribution is 6.98. The normalized spacial score (nSPS) is 15.0. The van der Waals surface area contributed by atoms with E-state index < -0.39 is 33.8 Å². The van der Waals surface area contributed by atoms with Crippen molar-refractivity contribution < 1.29 is 12.3 Å². The summed E-state index contributed by atoms with van der Waals surface area (Å²) < 4.78 is 19.8. The summed E-state index contributed by atoms with van der Waals surface area (Å²) >= 11 is 0. The van der Waals surface area contributed by atoms with Crippen molar-refractivity contribution in [3.63, 3.8) is 0 Å². The van der Waals surface area contributed by atoms with E-state index in [0.717, 1.165) is 5.19 Å². The summed E-state index contributed by atoms with van der Waals surface area (Å²) in [4.78, 5) is 0. The molecule has 0 radical (unpaired) electrons. The first-order chi connectivity index (χ1) is 12.0. The predicted molar refractivity (Wildman–Crippen MR) is 122 cm³/mol. The Bertz CT molecular complexity index is 644. The van der Waals surface area contributed by atoms with Crippen molar-refractivity contribution in [2.45, 2.75) is 32.7 Å². The van der Waals surface area contributed by atoms with Crippen LogP contribution in [0.2, 0.25) is 32.7 Å². The lowest BCUT2D eigenvalue weighted by molar-refractivity contribution is 0.341. The Kier molecular flexibility index (Phi) is 7.72. The smallest absolute Gasteiger partial charge is 0.350 e. The summed E-state index contributed by atoms with van der Waals surface area (Å²) in [5.41, 5.74) is 7.54. The summed E-state index contributed by atoms with van der Waals surface area (Å²) in [6.45, 7) is 26.1. The zero-order chi connectivity index (χ0) is 20.1. The summed E-state index contributed by atoms with van der Waals surface area (Å²) in [6, 6.07) is 10.1. The third kappa shape index (κ3) is 5.98. The van der Waals surface area contributed by atoms with E-state index in [0.29, 0.717) is 0 Å². The maximum absolute atomic E-state index is 6.72. The van der Waals surface area contributed by atoms with E-state index in [2.05, 4.69) is 71.2 Å². The van der Waals surface area contributed by atoms with Crippen LogP contribution in [0.5, 0.6) is 0 Å². The average molecular weight is 421 g/mol. The van der Waals surface area contributed by atoms with E-state index in [-0.39, 0.29) is 0 Å². The standard InChI is InChI=1S/C19H32O3Si4/c1-10-24(7,11-2)20-23(5,6)21-26(9,19-17-15-14-16-18-19)22-25(8,12-3)13-4/h10-18H,1-4H2,5-9H3. The lowest BCUT2D eigenvalue weighted by Crippen LogP contribution is -2.63. The zero-order valence-corrected chi connectivity index (χ0v) is 20.7. The number of hydrogen-bond donors (Lipinski definition) is 0. The molecule has 3 nitrogen and oxygen atoms in total. The van der Waals surface area contributed by atoms with E-state index in [1.54, 1.807) is 0 Å². The molecule has 142 valence electrons. The Hall–Kier alpha value is -1.07. The molecule has 0 aliphatic carbocycles. The van der Waals surface area contributed by atoms with Gasteiger partial charge in [-0.15, -0.1) is 26.3 Å². The molecular formula is C19H32O3Si4. The molecule has 0 aromatic heterocycles. The van der Waals surface area contributed by atoms with Gasteiger partial charge in [0.15, 0.2) is 0 Å². The van der Waals surface area contributed by atoms with Crippen molar-refractivity contribution in [1.29, 1.82) is 0 Å². The zero-order valence-electron chi connectivity index (χ0n) is 16.7. The molecule has 1 atom stereocenters. The summed E-state index contributed by atoms with van der Waals surface area (Å²) in [5.74, 6) is 0. The van der Waals surface area contributed by atoms with Gasteiger partial charge >= 0.3 is 17.1 Å². The van der Waals surface area contributed by atoms with Gasteiger partial charge in [-0.3, -0.25) is 0 Å². The van der Waals surface area contributed by atoms with Gasteiger partial charge in [-0.1, -0.05) is 53.1 Å². The largest absolute Gasteiger partial charge is 0.430 e. The SMILES string of the molecule is C=C[Si](C)(C=C)O[Si](C)(C)O[Si](C)(O[Si](C)(C=C)C=C)c1ccccc1. The van der Waals surface area contributed by atoms with Crippen LogP contribution in [0.1, 0.15) is 0 Å². The molecule has 0 fully saturated rings. The van der Waals surface area contributed by atoms with E-state index >= 15 is 0 Å². The minimum atomic E-state index is -2.75. The molecule has 1 aromatic carbocycles. The maximum Gasteiger partial charge on any atom is 0.350 e. The van der Waals surface area contributed by atoms with Gasteiger partial charge in [0.2, 0.25) is 16.6 Å². The maximum atomic E-state index is 6.72. The van der Waals surface area contributed by atoms with Crippen LogP contribution in [0.3, 0.4) is 0 Å². The molecule has 0 spiro atoms. The van der Waals surface area contributed by atoms with Crippen molar-refractivity contribution in [1.82, 2.24) is 0 Å². The monoisotopic (exact) mass is 420 g/mol. The molecule has 0 heterocycles. The van der Waals surface area contributed by atoms with Crippen LogP contribution in [0.4, 0.5) is 0 Å². The molecule has 7 heteroatoms. The molecule has 0 aliphatic rings. The number of hydrogen-bond acceptors (Lipinski definition) is 3. The van der Waals surface area contributed by atoms with Crippen LogP contribution in [-0.4, -0.2) is 33.8 Å². The van der Waals surface area contributed by atoms with Gasteiger partial charge in [-0.2, -0.15) is 0 Å². The van der Waals surface area contributed by atoms with Crippen LogP contribution in [0, 0.1) is 0 Å². The Morgan fingerprint density at radius 3 is 1.50 bits per heavy atom. The second kappa shape index (κ2) is 8.74. The topological polar surface area (TPSA) is 27.7 Å². The van der Waals surface area contributed by atoms with Crippen LogP contribution < -0.4 is 5.19 Å². The van der Waals surface area contributed by atoms with E-state index in [1.807, 2.05) is 41.0 Å². The molecule has 26 heavy (non-hydrogen) atoms. The summed E-state index contributed by atoms with van der Waals surface area (Å²) in [7, 11) is -9.76. The molecule has 0 bridgehead atoms. The quantitative estimate of drug-likeness (QED) is 0.483. The first kappa shape index (κ1) is 23.0. The fourth-order valence-electron chi connectivity index (χ4n) is 2.65. The fraction of sp³-hybridized carbons (Fsp3) is 0.263. The van der Waals surface area contributed by atoms with Crippen molar-refractivity contribution >= 4 is 38.9 Å².